The first-order valence-electron chi connectivity index (χ1n) is 9.67. The van der Waals surface area contributed by atoms with Crippen molar-refractivity contribution in [3.8, 4) is 0 Å². The SMILES string of the molecule is O=C(CN(c1ccc(Cl)c(Cl)c1)S(=O)(=O)c1ccccc1)N[C@@H]1C[C@@H]2CC[C@H]1C2. The molecule has 0 saturated heterocycles. The van der Waals surface area contributed by atoms with Gasteiger partial charge in [-0.3, -0.25) is 9.10 Å². The molecule has 2 aromatic rings. The highest BCUT2D eigenvalue weighted by atomic mass is 35.5. The Balaban J connectivity index is 1.61. The van der Waals surface area contributed by atoms with Crippen LogP contribution in [0, 0.1) is 11.8 Å². The molecular weight excluding hydrogens is 431 g/mol. The van der Waals surface area contributed by atoms with Gasteiger partial charge in [-0.15, -0.1) is 0 Å². The lowest BCUT2D eigenvalue weighted by Crippen LogP contribution is -2.46. The standard InChI is InChI=1S/C21H22Cl2N2O3S/c22-18-9-8-16(12-19(18)23)25(29(27,28)17-4-2-1-3-5-17)13-21(26)24-20-11-14-6-7-15(20)10-14/h1-5,8-9,12,14-15,20H,6-7,10-11,13H2,(H,24,26)/t14-,15+,20-/m1/s1. The van der Waals surface area contributed by atoms with Crippen molar-refractivity contribution in [2.24, 2.45) is 11.8 Å². The Kier molecular flexibility index (Phi) is 5.78. The van der Waals surface area contributed by atoms with Crippen molar-refractivity contribution in [1.82, 2.24) is 5.32 Å². The summed E-state index contributed by atoms with van der Waals surface area (Å²) >= 11 is 12.1. The molecule has 0 unspecified atom stereocenters. The Labute approximate surface area is 181 Å². The van der Waals surface area contributed by atoms with E-state index in [4.69, 9.17) is 23.2 Å². The third-order valence-electron chi connectivity index (χ3n) is 5.89. The van der Waals surface area contributed by atoms with Crippen molar-refractivity contribution in [3.63, 3.8) is 0 Å². The molecule has 2 aromatic carbocycles. The highest BCUT2D eigenvalue weighted by Crippen LogP contribution is 2.44. The minimum atomic E-state index is -3.95. The molecular formula is C21H22Cl2N2O3S. The quantitative estimate of drug-likeness (QED) is 0.701. The molecule has 0 heterocycles. The molecule has 2 saturated carbocycles. The second kappa shape index (κ2) is 8.17. The van der Waals surface area contributed by atoms with Gasteiger partial charge in [-0.2, -0.15) is 0 Å². The van der Waals surface area contributed by atoms with Crippen LogP contribution in [0.4, 0.5) is 5.69 Å². The molecule has 4 rings (SSSR count). The highest BCUT2D eigenvalue weighted by molar-refractivity contribution is 7.92. The van der Waals surface area contributed by atoms with Gasteiger partial charge in [-0.1, -0.05) is 47.8 Å². The van der Waals surface area contributed by atoms with E-state index in [-0.39, 0.29) is 28.4 Å². The van der Waals surface area contributed by atoms with Crippen molar-refractivity contribution in [3.05, 3.63) is 58.6 Å². The first-order chi connectivity index (χ1) is 13.8. The minimum absolute atomic E-state index is 0.110. The van der Waals surface area contributed by atoms with Crippen molar-refractivity contribution in [2.45, 2.75) is 36.6 Å². The van der Waals surface area contributed by atoms with Crippen molar-refractivity contribution in [1.29, 1.82) is 0 Å². The number of anilines is 1. The fraction of sp³-hybridized carbons (Fsp3) is 0.381. The normalized spacial score (nSPS) is 23.2. The van der Waals surface area contributed by atoms with Gasteiger partial charge in [0.25, 0.3) is 10.0 Å². The maximum Gasteiger partial charge on any atom is 0.264 e. The maximum absolute atomic E-state index is 13.3. The number of sulfonamides is 1. The largest absolute Gasteiger partial charge is 0.352 e. The average molecular weight is 453 g/mol. The molecule has 3 atom stereocenters. The van der Waals surface area contributed by atoms with Crippen LogP contribution in [-0.2, 0) is 14.8 Å². The molecule has 1 amide bonds. The number of hydrogen-bond donors (Lipinski definition) is 1. The van der Waals surface area contributed by atoms with E-state index in [1.165, 1.54) is 30.7 Å². The fourth-order valence-electron chi connectivity index (χ4n) is 4.48. The lowest BCUT2D eigenvalue weighted by Gasteiger charge is -2.27. The van der Waals surface area contributed by atoms with Crippen LogP contribution in [0.3, 0.4) is 0 Å². The van der Waals surface area contributed by atoms with Crippen LogP contribution in [0.5, 0.6) is 0 Å². The predicted octanol–water partition coefficient (Wildman–Crippen LogP) is 4.49. The van der Waals surface area contributed by atoms with E-state index in [0.29, 0.717) is 22.5 Å². The summed E-state index contributed by atoms with van der Waals surface area (Å²) in [5.74, 6) is 0.880. The molecule has 154 valence electrons. The summed E-state index contributed by atoms with van der Waals surface area (Å²) in [5.41, 5.74) is 0.298. The Morgan fingerprint density at radius 2 is 1.79 bits per heavy atom. The molecule has 5 nitrogen and oxygen atoms in total. The number of hydrogen-bond acceptors (Lipinski definition) is 3. The molecule has 0 aliphatic heterocycles. The molecule has 29 heavy (non-hydrogen) atoms. The number of fused-ring (bicyclic) bond motifs is 2. The van der Waals surface area contributed by atoms with Gasteiger partial charge in [-0.05, 0) is 61.4 Å². The van der Waals surface area contributed by atoms with E-state index >= 15 is 0 Å². The summed E-state index contributed by atoms with van der Waals surface area (Å²) in [6, 6.07) is 12.7. The van der Waals surface area contributed by atoms with Crippen molar-refractivity contribution < 1.29 is 13.2 Å². The van der Waals surface area contributed by atoms with Crippen LogP contribution < -0.4 is 9.62 Å². The third kappa shape index (κ3) is 4.25. The number of benzene rings is 2. The van der Waals surface area contributed by atoms with Crippen molar-refractivity contribution >= 4 is 44.8 Å². The van der Waals surface area contributed by atoms with Crippen molar-refractivity contribution in [2.75, 3.05) is 10.8 Å². The summed E-state index contributed by atoms with van der Waals surface area (Å²) in [6.07, 6.45) is 4.50. The number of halogens is 2. The second-order valence-electron chi connectivity index (χ2n) is 7.77. The summed E-state index contributed by atoms with van der Waals surface area (Å²) in [5, 5.41) is 3.60. The maximum atomic E-state index is 13.3. The van der Waals surface area contributed by atoms with Gasteiger partial charge in [0, 0.05) is 6.04 Å². The number of nitrogens with zero attached hydrogens (tertiary/aromatic N) is 1. The molecule has 0 spiro atoms. The molecule has 2 fully saturated rings. The van der Waals surface area contributed by atoms with Crippen LogP contribution in [0.1, 0.15) is 25.7 Å². The van der Waals surface area contributed by atoms with E-state index in [1.807, 2.05) is 0 Å². The Morgan fingerprint density at radius 1 is 1.03 bits per heavy atom. The van der Waals surface area contributed by atoms with E-state index in [9.17, 15) is 13.2 Å². The molecule has 2 bridgehead atoms. The van der Waals surface area contributed by atoms with Gasteiger partial charge in [-0.25, -0.2) is 8.42 Å². The minimum Gasteiger partial charge on any atom is -0.352 e. The van der Waals surface area contributed by atoms with Gasteiger partial charge in [0.1, 0.15) is 6.54 Å². The van der Waals surface area contributed by atoms with Crippen LogP contribution in [0.15, 0.2) is 53.4 Å². The summed E-state index contributed by atoms with van der Waals surface area (Å²) in [6.45, 7) is -0.316. The zero-order chi connectivity index (χ0) is 20.6. The molecule has 2 aliphatic carbocycles. The number of amides is 1. The fourth-order valence-corrected chi connectivity index (χ4v) is 6.21. The Hall–Kier alpha value is -1.76. The lowest BCUT2D eigenvalue weighted by atomic mass is 9.95. The molecule has 2 aliphatic rings. The Bertz CT molecular complexity index is 1010. The Morgan fingerprint density at radius 3 is 2.41 bits per heavy atom. The highest BCUT2D eigenvalue weighted by Gasteiger charge is 2.40. The number of carbonyl (C=O) groups excluding carboxylic acids is 1. The molecule has 0 radical (unpaired) electrons. The zero-order valence-electron chi connectivity index (χ0n) is 15.7. The number of rotatable bonds is 6. The predicted molar refractivity (Wildman–Crippen MR) is 115 cm³/mol. The van der Waals surface area contributed by atoms with E-state index in [1.54, 1.807) is 24.3 Å². The van der Waals surface area contributed by atoms with Crippen LogP contribution >= 0.6 is 23.2 Å². The lowest BCUT2D eigenvalue weighted by molar-refractivity contribution is -0.120. The molecule has 1 N–H and O–H groups in total. The third-order valence-corrected chi connectivity index (χ3v) is 8.42. The monoisotopic (exact) mass is 452 g/mol. The summed E-state index contributed by atoms with van der Waals surface area (Å²) < 4.78 is 27.7. The van der Waals surface area contributed by atoms with Crippen LogP contribution in [0.2, 0.25) is 10.0 Å². The van der Waals surface area contributed by atoms with Crippen LogP contribution in [0.25, 0.3) is 0 Å². The molecule has 8 heteroatoms. The van der Waals surface area contributed by atoms with Gasteiger partial charge in [0.15, 0.2) is 0 Å². The first-order valence-corrected chi connectivity index (χ1v) is 11.9. The number of carbonyl (C=O) groups is 1. The summed E-state index contributed by atoms with van der Waals surface area (Å²) in [7, 11) is -3.95. The van der Waals surface area contributed by atoms with Gasteiger partial charge < -0.3 is 5.32 Å². The average Bonchev–Trinajstić information content (AvgIpc) is 3.32. The zero-order valence-corrected chi connectivity index (χ0v) is 18.1. The summed E-state index contributed by atoms with van der Waals surface area (Å²) in [4.78, 5) is 12.9. The second-order valence-corrected chi connectivity index (χ2v) is 10.4. The van der Waals surface area contributed by atoms with Gasteiger partial charge in [0.05, 0.1) is 20.6 Å². The first kappa shape index (κ1) is 20.5. The van der Waals surface area contributed by atoms with E-state index < -0.39 is 10.0 Å². The van der Waals surface area contributed by atoms with E-state index in [0.717, 1.165) is 23.6 Å². The topological polar surface area (TPSA) is 66.5 Å². The smallest absolute Gasteiger partial charge is 0.264 e. The van der Waals surface area contributed by atoms with Crippen LogP contribution in [-0.4, -0.2) is 26.9 Å². The van der Waals surface area contributed by atoms with Gasteiger partial charge >= 0.3 is 0 Å². The molecule has 0 aromatic heterocycles. The van der Waals surface area contributed by atoms with E-state index in [2.05, 4.69) is 5.32 Å². The number of nitrogens with one attached hydrogen (secondary N) is 1. The van der Waals surface area contributed by atoms with Gasteiger partial charge in [0.2, 0.25) is 5.91 Å².